The Balaban J connectivity index is 1.86. The third kappa shape index (κ3) is 4.19. The number of hydrogen-bond donors (Lipinski definition) is 1. The summed E-state index contributed by atoms with van der Waals surface area (Å²) in [4.78, 5) is 14.7. The maximum absolute atomic E-state index is 12.6. The smallest absolute Gasteiger partial charge is 0.251 e. The molecule has 1 saturated carbocycles. The second-order valence-electron chi connectivity index (χ2n) is 6.29. The lowest BCUT2D eigenvalue weighted by Crippen LogP contribution is -2.47. The Hall–Kier alpha value is -0.610. The van der Waals surface area contributed by atoms with E-state index in [0.29, 0.717) is 12.0 Å². The Morgan fingerprint density at radius 3 is 2.70 bits per heavy atom. The van der Waals surface area contributed by atoms with Gasteiger partial charge in [0.05, 0.1) is 6.10 Å². The number of rotatable bonds is 6. The van der Waals surface area contributed by atoms with Gasteiger partial charge in [-0.2, -0.15) is 0 Å². The molecule has 0 aromatic rings. The number of likely N-dealkylation sites (tertiary alicyclic amines) is 1. The van der Waals surface area contributed by atoms with Crippen LogP contribution in [0.25, 0.3) is 0 Å². The molecule has 1 N–H and O–H groups in total. The highest BCUT2D eigenvalue weighted by molar-refractivity contribution is 5.81. The van der Waals surface area contributed by atoms with Gasteiger partial charge in [0.2, 0.25) is 0 Å². The number of carbonyl (C=O) groups excluding carboxylic acids is 1. The predicted molar refractivity (Wildman–Crippen MR) is 80.7 cm³/mol. The van der Waals surface area contributed by atoms with Crippen molar-refractivity contribution in [2.45, 2.75) is 64.1 Å². The first-order valence-electron chi connectivity index (χ1n) is 8.33. The standard InChI is InChI=1S/C16H30N2O2/c1-3-15(20-14-8-4-5-9-14)16(19)18-10-6-7-13(12-18)11-17-2/h13-15,17H,3-12H2,1-2H3. The molecule has 1 aliphatic heterocycles. The minimum absolute atomic E-state index is 0.216. The molecule has 0 aromatic carbocycles. The van der Waals surface area contributed by atoms with Crippen molar-refractivity contribution in [1.29, 1.82) is 0 Å². The highest BCUT2D eigenvalue weighted by Crippen LogP contribution is 2.24. The lowest BCUT2D eigenvalue weighted by Gasteiger charge is -2.35. The molecule has 116 valence electrons. The fraction of sp³-hybridized carbons (Fsp3) is 0.938. The normalized spacial score (nSPS) is 25.9. The number of amides is 1. The van der Waals surface area contributed by atoms with Gasteiger partial charge in [0.1, 0.15) is 6.10 Å². The molecule has 2 atom stereocenters. The van der Waals surface area contributed by atoms with E-state index in [9.17, 15) is 4.79 Å². The van der Waals surface area contributed by atoms with Crippen molar-refractivity contribution < 1.29 is 9.53 Å². The van der Waals surface area contributed by atoms with E-state index in [-0.39, 0.29) is 12.0 Å². The Morgan fingerprint density at radius 2 is 2.05 bits per heavy atom. The summed E-state index contributed by atoms with van der Waals surface area (Å²) in [7, 11) is 1.98. The molecule has 20 heavy (non-hydrogen) atoms. The topological polar surface area (TPSA) is 41.6 Å². The fourth-order valence-corrected chi connectivity index (χ4v) is 3.51. The summed E-state index contributed by atoms with van der Waals surface area (Å²) in [5, 5.41) is 3.23. The monoisotopic (exact) mass is 282 g/mol. The van der Waals surface area contributed by atoms with Crippen molar-refractivity contribution in [2.75, 3.05) is 26.7 Å². The number of nitrogens with one attached hydrogen (secondary N) is 1. The molecule has 4 nitrogen and oxygen atoms in total. The van der Waals surface area contributed by atoms with Crippen LogP contribution in [0.1, 0.15) is 51.9 Å². The van der Waals surface area contributed by atoms with Crippen molar-refractivity contribution in [1.82, 2.24) is 10.2 Å². The third-order valence-corrected chi connectivity index (χ3v) is 4.63. The first kappa shape index (κ1) is 15.8. The summed E-state index contributed by atoms with van der Waals surface area (Å²) < 4.78 is 6.06. The van der Waals surface area contributed by atoms with Crippen LogP contribution in [-0.4, -0.2) is 49.7 Å². The lowest BCUT2D eigenvalue weighted by atomic mass is 9.97. The molecule has 0 radical (unpaired) electrons. The van der Waals surface area contributed by atoms with Gasteiger partial charge in [0.25, 0.3) is 5.91 Å². The van der Waals surface area contributed by atoms with Crippen LogP contribution >= 0.6 is 0 Å². The van der Waals surface area contributed by atoms with Gasteiger partial charge < -0.3 is 15.0 Å². The van der Waals surface area contributed by atoms with Crippen molar-refractivity contribution >= 4 is 5.91 Å². The van der Waals surface area contributed by atoms with Crippen LogP contribution in [0.2, 0.25) is 0 Å². The number of hydrogen-bond acceptors (Lipinski definition) is 3. The minimum Gasteiger partial charge on any atom is -0.365 e. The molecule has 0 spiro atoms. The summed E-state index contributed by atoms with van der Waals surface area (Å²) in [6.07, 6.45) is 8.02. The van der Waals surface area contributed by atoms with Crippen molar-refractivity contribution in [3.8, 4) is 0 Å². The maximum Gasteiger partial charge on any atom is 0.251 e. The first-order chi connectivity index (χ1) is 9.74. The molecule has 2 fully saturated rings. The van der Waals surface area contributed by atoms with E-state index >= 15 is 0 Å². The van der Waals surface area contributed by atoms with Gasteiger partial charge in [-0.3, -0.25) is 4.79 Å². The third-order valence-electron chi connectivity index (χ3n) is 4.63. The van der Waals surface area contributed by atoms with Crippen molar-refractivity contribution in [3.05, 3.63) is 0 Å². The zero-order chi connectivity index (χ0) is 14.4. The number of nitrogens with zero attached hydrogens (tertiary/aromatic N) is 1. The molecule has 2 unspecified atom stereocenters. The van der Waals surface area contributed by atoms with Crippen LogP contribution in [0.4, 0.5) is 0 Å². The Bertz CT molecular complexity index is 301. The van der Waals surface area contributed by atoms with Gasteiger partial charge in [-0.1, -0.05) is 19.8 Å². The van der Waals surface area contributed by atoms with E-state index in [1.54, 1.807) is 0 Å². The molecule has 0 aromatic heterocycles. The van der Waals surface area contributed by atoms with Crippen LogP contribution < -0.4 is 5.32 Å². The lowest BCUT2D eigenvalue weighted by molar-refractivity contribution is -0.149. The van der Waals surface area contributed by atoms with Crippen molar-refractivity contribution in [2.24, 2.45) is 5.92 Å². The average Bonchev–Trinajstić information content (AvgIpc) is 2.98. The van der Waals surface area contributed by atoms with E-state index < -0.39 is 0 Å². The largest absolute Gasteiger partial charge is 0.365 e. The van der Waals surface area contributed by atoms with Crippen LogP contribution in [0.15, 0.2) is 0 Å². The maximum atomic E-state index is 12.6. The molecule has 2 aliphatic rings. The molecule has 1 saturated heterocycles. The van der Waals surface area contributed by atoms with Gasteiger partial charge >= 0.3 is 0 Å². The molecular weight excluding hydrogens is 252 g/mol. The van der Waals surface area contributed by atoms with E-state index in [0.717, 1.165) is 45.3 Å². The molecule has 1 aliphatic carbocycles. The highest BCUT2D eigenvalue weighted by atomic mass is 16.5. The van der Waals surface area contributed by atoms with Gasteiger partial charge in [0.15, 0.2) is 0 Å². The second kappa shape index (κ2) is 7.99. The van der Waals surface area contributed by atoms with Gasteiger partial charge in [0, 0.05) is 13.1 Å². The first-order valence-corrected chi connectivity index (χ1v) is 8.33. The molecule has 1 heterocycles. The molecule has 4 heteroatoms. The number of ether oxygens (including phenoxy) is 1. The highest BCUT2D eigenvalue weighted by Gasteiger charge is 2.30. The van der Waals surface area contributed by atoms with Crippen LogP contribution in [0.5, 0.6) is 0 Å². The molecule has 1 amide bonds. The van der Waals surface area contributed by atoms with Gasteiger partial charge in [-0.25, -0.2) is 0 Å². The van der Waals surface area contributed by atoms with Crippen LogP contribution in [0.3, 0.4) is 0 Å². The van der Waals surface area contributed by atoms with Gasteiger partial charge in [-0.05, 0) is 51.6 Å². The second-order valence-corrected chi connectivity index (χ2v) is 6.29. The van der Waals surface area contributed by atoms with E-state index in [4.69, 9.17) is 4.74 Å². The van der Waals surface area contributed by atoms with Gasteiger partial charge in [-0.15, -0.1) is 0 Å². The number of piperidine rings is 1. The average molecular weight is 282 g/mol. The predicted octanol–water partition coefficient (Wildman–Crippen LogP) is 2.18. The summed E-state index contributed by atoms with van der Waals surface area (Å²) in [5.74, 6) is 0.821. The Kier molecular flexibility index (Phi) is 6.30. The molecule has 0 bridgehead atoms. The van der Waals surface area contributed by atoms with Crippen LogP contribution in [-0.2, 0) is 9.53 Å². The number of carbonyl (C=O) groups is 1. The van der Waals surface area contributed by atoms with E-state index in [1.165, 1.54) is 19.3 Å². The molecule has 2 rings (SSSR count). The zero-order valence-electron chi connectivity index (χ0n) is 13.1. The molecular formula is C16H30N2O2. The quantitative estimate of drug-likeness (QED) is 0.812. The summed E-state index contributed by atoms with van der Waals surface area (Å²) in [6.45, 7) is 4.87. The van der Waals surface area contributed by atoms with Crippen LogP contribution in [0, 0.1) is 5.92 Å². The minimum atomic E-state index is -0.216. The SMILES string of the molecule is CCC(OC1CCCC1)C(=O)N1CCCC(CNC)C1. The Morgan fingerprint density at radius 1 is 1.30 bits per heavy atom. The fourth-order valence-electron chi connectivity index (χ4n) is 3.51. The van der Waals surface area contributed by atoms with Crippen molar-refractivity contribution in [3.63, 3.8) is 0 Å². The summed E-state index contributed by atoms with van der Waals surface area (Å²) >= 11 is 0. The summed E-state index contributed by atoms with van der Waals surface area (Å²) in [5.41, 5.74) is 0. The zero-order valence-corrected chi connectivity index (χ0v) is 13.1. The Labute approximate surface area is 123 Å². The summed E-state index contributed by atoms with van der Waals surface area (Å²) in [6, 6.07) is 0. The van der Waals surface area contributed by atoms with E-state index in [1.807, 2.05) is 11.9 Å². The van der Waals surface area contributed by atoms with E-state index in [2.05, 4.69) is 12.2 Å².